The molecule has 0 aliphatic carbocycles. The van der Waals surface area contributed by atoms with Crippen LogP contribution >= 0.6 is 11.6 Å². The molecule has 0 saturated heterocycles. The zero-order valence-corrected chi connectivity index (χ0v) is 16.5. The predicted octanol–water partition coefficient (Wildman–Crippen LogP) is 4.15. The molecule has 1 aliphatic heterocycles. The second kappa shape index (κ2) is 7.60. The lowest BCUT2D eigenvalue weighted by atomic mass is 10.0. The van der Waals surface area contributed by atoms with Gasteiger partial charge >= 0.3 is 0 Å². The van der Waals surface area contributed by atoms with Crippen molar-refractivity contribution in [2.24, 2.45) is 0 Å². The minimum atomic E-state index is -0.153. The van der Waals surface area contributed by atoms with E-state index in [-0.39, 0.29) is 12.0 Å². The Labute approximate surface area is 168 Å². The monoisotopic (exact) mass is 393 g/mol. The Bertz CT molecular complexity index is 1040. The van der Waals surface area contributed by atoms with Crippen LogP contribution in [0.25, 0.3) is 11.3 Å². The molecule has 1 N–H and O–H groups in total. The van der Waals surface area contributed by atoms with Gasteiger partial charge in [-0.25, -0.2) is 0 Å². The normalized spacial score (nSPS) is 15.0. The second-order valence-corrected chi connectivity index (χ2v) is 7.40. The summed E-state index contributed by atoms with van der Waals surface area (Å²) in [7, 11) is 0. The van der Waals surface area contributed by atoms with Gasteiger partial charge in [-0.05, 0) is 49.2 Å². The smallest absolute Gasteiger partial charge is 0.251 e. The number of rotatable bonds is 4. The van der Waals surface area contributed by atoms with E-state index >= 15 is 0 Å². The quantitative estimate of drug-likeness (QED) is 0.723. The second-order valence-electron chi connectivity index (χ2n) is 6.99. The summed E-state index contributed by atoms with van der Waals surface area (Å²) in [6.45, 7) is 4.44. The van der Waals surface area contributed by atoms with E-state index in [0.29, 0.717) is 29.3 Å². The maximum atomic E-state index is 12.4. The van der Waals surface area contributed by atoms with Crippen molar-refractivity contribution >= 4 is 17.5 Å². The number of fused-ring (bicyclic) bond motifs is 1. The van der Waals surface area contributed by atoms with E-state index in [1.54, 1.807) is 18.6 Å². The zero-order valence-electron chi connectivity index (χ0n) is 15.7. The lowest BCUT2D eigenvalue weighted by Crippen LogP contribution is -2.34. The number of halogens is 1. The van der Waals surface area contributed by atoms with Gasteiger partial charge in [0.1, 0.15) is 11.9 Å². The molecule has 0 radical (unpaired) electrons. The Morgan fingerprint density at radius 1 is 1.21 bits per heavy atom. The Morgan fingerprint density at radius 3 is 2.82 bits per heavy atom. The van der Waals surface area contributed by atoms with Crippen LogP contribution < -0.4 is 10.1 Å². The molecule has 28 heavy (non-hydrogen) atoms. The van der Waals surface area contributed by atoms with Crippen LogP contribution in [0.3, 0.4) is 0 Å². The highest BCUT2D eigenvalue weighted by Gasteiger charge is 2.26. The van der Waals surface area contributed by atoms with E-state index in [9.17, 15) is 4.79 Å². The molecule has 1 aliphatic rings. The van der Waals surface area contributed by atoms with Crippen molar-refractivity contribution < 1.29 is 9.53 Å². The number of aryl methyl sites for hydroxylation is 2. The molecule has 2 aromatic carbocycles. The Morgan fingerprint density at radius 2 is 2.07 bits per heavy atom. The van der Waals surface area contributed by atoms with Gasteiger partial charge in [0.05, 0.1) is 23.5 Å². The fourth-order valence-corrected chi connectivity index (χ4v) is 3.57. The van der Waals surface area contributed by atoms with Gasteiger partial charge in [-0.3, -0.25) is 14.8 Å². The molecular weight excluding hydrogens is 374 g/mol. The van der Waals surface area contributed by atoms with Crippen LogP contribution in [0, 0.1) is 13.8 Å². The summed E-state index contributed by atoms with van der Waals surface area (Å²) in [5.74, 6) is 0.578. The topological polar surface area (TPSA) is 64.1 Å². The number of ether oxygens (including phenoxy) is 1. The third-order valence-electron chi connectivity index (χ3n) is 4.97. The van der Waals surface area contributed by atoms with E-state index in [2.05, 4.69) is 15.3 Å². The van der Waals surface area contributed by atoms with Crippen molar-refractivity contribution in [3.63, 3.8) is 0 Å². The molecule has 0 unspecified atom stereocenters. The van der Waals surface area contributed by atoms with E-state index in [4.69, 9.17) is 16.3 Å². The van der Waals surface area contributed by atoms with Crippen molar-refractivity contribution in [3.05, 3.63) is 76.2 Å². The SMILES string of the molecule is Cc1ccc(C(=O)NC[C@@H]2Cc3cc(-c4cnccn4)cc(Cl)c3O2)cc1C. The maximum Gasteiger partial charge on any atom is 0.251 e. The molecule has 1 amide bonds. The van der Waals surface area contributed by atoms with Gasteiger partial charge in [-0.1, -0.05) is 17.7 Å². The molecular formula is C22H20ClN3O2. The Balaban J connectivity index is 1.44. The van der Waals surface area contributed by atoms with E-state index in [1.165, 1.54) is 5.56 Å². The molecule has 1 atom stereocenters. The maximum absolute atomic E-state index is 12.4. The largest absolute Gasteiger partial charge is 0.486 e. The minimum absolute atomic E-state index is 0.103. The third kappa shape index (κ3) is 3.71. The van der Waals surface area contributed by atoms with Crippen LogP contribution in [0.2, 0.25) is 5.02 Å². The van der Waals surface area contributed by atoms with Crippen molar-refractivity contribution in [2.45, 2.75) is 26.4 Å². The average Bonchev–Trinajstić information content (AvgIpc) is 3.12. The minimum Gasteiger partial charge on any atom is -0.486 e. The molecule has 3 aromatic rings. The lowest BCUT2D eigenvalue weighted by Gasteiger charge is -2.13. The summed E-state index contributed by atoms with van der Waals surface area (Å²) < 4.78 is 5.97. The number of hydrogen-bond donors (Lipinski definition) is 1. The highest BCUT2D eigenvalue weighted by Crippen LogP contribution is 2.39. The van der Waals surface area contributed by atoms with Crippen molar-refractivity contribution in [3.8, 4) is 17.0 Å². The van der Waals surface area contributed by atoms with Gasteiger partial charge in [0.15, 0.2) is 0 Å². The number of hydrogen-bond acceptors (Lipinski definition) is 4. The number of carbonyl (C=O) groups excluding carboxylic acids is 1. The Hall–Kier alpha value is -2.92. The number of nitrogens with one attached hydrogen (secondary N) is 1. The highest BCUT2D eigenvalue weighted by atomic mass is 35.5. The fourth-order valence-electron chi connectivity index (χ4n) is 3.29. The van der Waals surface area contributed by atoms with Crippen molar-refractivity contribution in [1.82, 2.24) is 15.3 Å². The Kier molecular flexibility index (Phi) is 5.01. The van der Waals surface area contributed by atoms with Gasteiger partial charge in [-0.2, -0.15) is 0 Å². The predicted molar refractivity (Wildman–Crippen MR) is 109 cm³/mol. The first kappa shape index (κ1) is 18.4. The summed E-state index contributed by atoms with van der Waals surface area (Å²) in [5.41, 5.74) is 5.60. The molecule has 5 nitrogen and oxygen atoms in total. The summed E-state index contributed by atoms with van der Waals surface area (Å²) >= 11 is 6.42. The molecule has 0 fully saturated rings. The van der Waals surface area contributed by atoms with Gasteiger partial charge < -0.3 is 10.1 Å². The number of carbonyl (C=O) groups is 1. The van der Waals surface area contributed by atoms with Crippen LogP contribution in [-0.2, 0) is 6.42 Å². The van der Waals surface area contributed by atoms with Crippen LogP contribution in [-0.4, -0.2) is 28.5 Å². The molecule has 0 bridgehead atoms. The van der Waals surface area contributed by atoms with Gasteiger partial charge in [0.25, 0.3) is 5.91 Å². The molecule has 6 heteroatoms. The number of nitrogens with zero attached hydrogens (tertiary/aromatic N) is 2. The molecule has 4 rings (SSSR count). The number of amides is 1. The highest BCUT2D eigenvalue weighted by molar-refractivity contribution is 6.32. The lowest BCUT2D eigenvalue weighted by molar-refractivity contribution is 0.0933. The van der Waals surface area contributed by atoms with E-state index < -0.39 is 0 Å². The van der Waals surface area contributed by atoms with Crippen molar-refractivity contribution in [1.29, 1.82) is 0 Å². The first-order valence-corrected chi connectivity index (χ1v) is 9.50. The van der Waals surface area contributed by atoms with Crippen LogP contribution in [0.5, 0.6) is 5.75 Å². The summed E-state index contributed by atoms with van der Waals surface area (Å²) in [6, 6.07) is 9.56. The number of benzene rings is 2. The van der Waals surface area contributed by atoms with Gasteiger partial charge in [0.2, 0.25) is 0 Å². The molecule has 0 saturated carbocycles. The summed E-state index contributed by atoms with van der Waals surface area (Å²) in [4.78, 5) is 20.9. The van der Waals surface area contributed by atoms with Crippen LogP contribution in [0.4, 0.5) is 0 Å². The first-order chi connectivity index (χ1) is 13.5. The molecule has 2 heterocycles. The molecule has 0 spiro atoms. The van der Waals surface area contributed by atoms with E-state index in [0.717, 1.165) is 22.4 Å². The summed E-state index contributed by atoms with van der Waals surface area (Å²) in [5, 5.41) is 3.50. The first-order valence-electron chi connectivity index (χ1n) is 9.12. The van der Waals surface area contributed by atoms with Crippen LogP contribution in [0.1, 0.15) is 27.0 Å². The zero-order chi connectivity index (χ0) is 19.7. The summed E-state index contributed by atoms with van der Waals surface area (Å²) in [6.07, 6.45) is 5.51. The van der Waals surface area contributed by atoms with Gasteiger partial charge in [0, 0.05) is 35.5 Å². The average molecular weight is 394 g/mol. The van der Waals surface area contributed by atoms with Gasteiger partial charge in [-0.15, -0.1) is 0 Å². The number of aromatic nitrogens is 2. The van der Waals surface area contributed by atoms with E-state index in [1.807, 2.05) is 44.2 Å². The molecule has 1 aromatic heterocycles. The molecule has 142 valence electrons. The standard InChI is InChI=1S/C22H20ClN3O2/c1-13-3-4-15(7-14(13)2)22(27)26-11-18-9-17-8-16(10-19(23)21(17)28-18)20-12-24-5-6-25-20/h3-8,10,12,18H,9,11H2,1-2H3,(H,26,27)/t18-/m0/s1. The third-order valence-corrected chi connectivity index (χ3v) is 5.25. The van der Waals surface area contributed by atoms with Crippen molar-refractivity contribution in [2.75, 3.05) is 6.54 Å². The fraction of sp³-hybridized carbons (Fsp3) is 0.227. The van der Waals surface area contributed by atoms with Crippen LogP contribution in [0.15, 0.2) is 48.9 Å².